The molecule has 0 spiro atoms. The standard InChI is InChI=1S/C3H6.C2H4S/c1-3-2;1-2-3-1/h3H,1H2,2H3;1-2H2. The number of hydrogen-bond donors (Lipinski definition) is 0. The Balaban J connectivity index is 0.0000000833. The van der Waals surface area contributed by atoms with Crippen LogP contribution in [-0.4, -0.2) is 11.5 Å². The first kappa shape index (κ1) is 6.09. The second kappa shape index (κ2) is 5.09. The highest BCUT2D eigenvalue weighted by Gasteiger charge is 1.95. The highest BCUT2D eigenvalue weighted by molar-refractivity contribution is 8.06. The Bertz CT molecular complexity index is 28.2. The van der Waals surface area contributed by atoms with Gasteiger partial charge in [0, 0.05) is 11.5 Å². The predicted molar refractivity (Wildman–Crippen MR) is 33.2 cm³/mol. The van der Waals surface area contributed by atoms with E-state index in [1.54, 1.807) is 6.08 Å². The first-order valence-corrected chi connectivity index (χ1v) is 3.22. The van der Waals surface area contributed by atoms with Crippen LogP contribution in [0, 0.1) is 0 Å². The van der Waals surface area contributed by atoms with Gasteiger partial charge in [-0.25, -0.2) is 0 Å². The minimum absolute atomic E-state index is 1.42. The Morgan fingerprint density at radius 3 is 1.83 bits per heavy atom. The monoisotopic (exact) mass is 102 g/mol. The van der Waals surface area contributed by atoms with Gasteiger partial charge in [0.05, 0.1) is 0 Å². The Morgan fingerprint density at radius 1 is 1.67 bits per heavy atom. The SMILES string of the molecule is C1CS1.C=CC. The molecule has 0 nitrogen and oxygen atoms in total. The van der Waals surface area contributed by atoms with Gasteiger partial charge in [0.2, 0.25) is 0 Å². The zero-order chi connectivity index (χ0) is 4.83. The van der Waals surface area contributed by atoms with E-state index in [0.29, 0.717) is 0 Å². The third kappa shape index (κ3) is 32.9. The third-order valence-corrected chi connectivity index (χ3v) is 0.612. The van der Waals surface area contributed by atoms with E-state index >= 15 is 0 Å². The molecular weight excluding hydrogens is 92.1 g/mol. The molecule has 1 aliphatic rings. The van der Waals surface area contributed by atoms with Gasteiger partial charge in [-0.1, -0.05) is 6.08 Å². The van der Waals surface area contributed by atoms with Crippen molar-refractivity contribution in [3.05, 3.63) is 12.7 Å². The average molecular weight is 102 g/mol. The fourth-order valence-corrected chi connectivity index (χ4v) is 0. The van der Waals surface area contributed by atoms with Crippen LogP contribution >= 0.6 is 11.8 Å². The maximum Gasteiger partial charge on any atom is 0.00238 e. The molecule has 1 heteroatoms. The molecule has 0 bridgehead atoms. The Hall–Kier alpha value is 0.0900. The van der Waals surface area contributed by atoms with Gasteiger partial charge in [-0.2, -0.15) is 11.8 Å². The number of thioether (sulfide) groups is 1. The summed E-state index contributed by atoms with van der Waals surface area (Å²) in [6, 6.07) is 0. The molecule has 0 unspecified atom stereocenters. The van der Waals surface area contributed by atoms with Crippen molar-refractivity contribution in [2.45, 2.75) is 6.92 Å². The maximum atomic E-state index is 3.36. The quantitative estimate of drug-likeness (QED) is 0.332. The molecular formula is C5H10S. The highest BCUT2D eigenvalue weighted by atomic mass is 32.2. The van der Waals surface area contributed by atoms with Crippen LogP contribution in [0.5, 0.6) is 0 Å². The molecule has 0 radical (unpaired) electrons. The van der Waals surface area contributed by atoms with Crippen LogP contribution in [0.2, 0.25) is 0 Å². The van der Waals surface area contributed by atoms with E-state index in [9.17, 15) is 0 Å². The molecule has 1 saturated heterocycles. The summed E-state index contributed by atoms with van der Waals surface area (Å²) in [6.45, 7) is 5.25. The summed E-state index contributed by atoms with van der Waals surface area (Å²) in [5.41, 5.74) is 0. The summed E-state index contributed by atoms with van der Waals surface area (Å²) in [7, 11) is 0. The van der Waals surface area contributed by atoms with Crippen LogP contribution in [0.4, 0.5) is 0 Å². The van der Waals surface area contributed by atoms with Gasteiger partial charge in [-0.15, -0.1) is 6.58 Å². The van der Waals surface area contributed by atoms with Gasteiger partial charge >= 0.3 is 0 Å². The molecule has 36 valence electrons. The third-order valence-electron chi connectivity index (χ3n) is 0.204. The molecule has 6 heavy (non-hydrogen) atoms. The summed E-state index contributed by atoms with van der Waals surface area (Å²) in [6.07, 6.45) is 1.75. The minimum Gasteiger partial charge on any atom is -0.160 e. The summed E-state index contributed by atoms with van der Waals surface area (Å²) in [5, 5.41) is 0. The fraction of sp³-hybridized carbons (Fsp3) is 0.600. The van der Waals surface area contributed by atoms with E-state index in [2.05, 4.69) is 6.58 Å². The Kier molecular flexibility index (Phi) is 5.17. The zero-order valence-corrected chi connectivity index (χ0v) is 4.92. The molecule has 1 aliphatic heterocycles. The predicted octanol–water partition coefficient (Wildman–Crippen LogP) is 1.93. The van der Waals surface area contributed by atoms with Crippen molar-refractivity contribution in [3.8, 4) is 0 Å². The smallest absolute Gasteiger partial charge is 0.00238 e. The zero-order valence-electron chi connectivity index (χ0n) is 4.11. The van der Waals surface area contributed by atoms with E-state index < -0.39 is 0 Å². The van der Waals surface area contributed by atoms with Crippen molar-refractivity contribution < 1.29 is 0 Å². The van der Waals surface area contributed by atoms with Crippen LogP contribution < -0.4 is 0 Å². The molecule has 0 aromatic heterocycles. The lowest BCUT2D eigenvalue weighted by molar-refractivity contribution is 1.75. The molecule has 0 amide bonds. The lowest BCUT2D eigenvalue weighted by Gasteiger charge is -1.31. The molecule has 0 atom stereocenters. The van der Waals surface area contributed by atoms with Crippen molar-refractivity contribution in [2.24, 2.45) is 0 Å². The Labute approximate surface area is 43.6 Å². The first-order chi connectivity index (χ1) is 2.91. The van der Waals surface area contributed by atoms with Gasteiger partial charge in [-0.05, 0) is 6.92 Å². The number of rotatable bonds is 0. The van der Waals surface area contributed by atoms with Crippen molar-refractivity contribution >= 4 is 11.8 Å². The van der Waals surface area contributed by atoms with Gasteiger partial charge in [-0.3, -0.25) is 0 Å². The van der Waals surface area contributed by atoms with Crippen LogP contribution in [0.3, 0.4) is 0 Å². The maximum absolute atomic E-state index is 3.36. The fourth-order valence-electron chi connectivity index (χ4n) is 0. The molecule has 0 aromatic carbocycles. The van der Waals surface area contributed by atoms with Crippen LogP contribution in [-0.2, 0) is 0 Å². The summed E-state index contributed by atoms with van der Waals surface area (Å²) in [4.78, 5) is 0. The number of hydrogen-bond acceptors (Lipinski definition) is 1. The van der Waals surface area contributed by atoms with Crippen molar-refractivity contribution in [3.63, 3.8) is 0 Å². The molecule has 0 saturated carbocycles. The summed E-state index contributed by atoms with van der Waals surface area (Å²) >= 11 is 2.00. The summed E-state index contributed by atoms with van der Waals surface area (Å²) < 4.78 is 0. The van der Waals surface area contributed by atoms with Crippen LogP contribution in [0.1, 0.15) is 6.92 Å². The molecule has 0 aliphatic carbocycles. The van der Waals surface area contributed by atoms with Crippen LogP contribution in [0.15, 0.2) is 12.7 Å². The van der Waals surface area contributed by atoms with Gasteiger partial charge in [0.1, 0.15) is 0 Å². The van der Waals surface area contributed by atoms with Gasteiger partial charge in [0.25, 0.3) is 0 Å². The molecule has 1 heterocycles. The Morgan fingerprint density at radius 2 is 1.83 bits per heavy atom. The van der Waals surface area contributed by atoms with Gasteiger partial charge in [0.15, 0.2) is 0 Å². The van der Waals surface area contributed by atoms with Crippen molar-refractivity contribution in [1.82, 2.24) is 0 Å². The van der Waals surface area contributed by atoms with E-state index in [4.69, 9.17) is 0 Å². The first-order valence-electron chi connectivity index (χ1n) is 2.06. The molecule has 1 rings (SSSR count). The minimum atomic E-state index is 1.42. The topological polar surface area (TPSA) is 0 Å². The second-order valence-electron chi connectivity index (χ2n) is 1.02. The van der Waals surface area contributed by atoms with Gasteiger partial charge < -0.3 is 0 Å². The average Bonchev–Trinajstić information content (AvgIpc) is 2.11. The van der Waals surface area contributed by atoms with E-state index in [-0.39, 0.29) is 0 Å². The molecule has 1 fully saturated rings. The normalized spacial score (nSPS) is 14.2. The van der Waals surface area contributed by atoms with Crippen molar-refractivity contribution in [1.29, 1.82) is 0 Å². The second-order valence-corrected chi connectivity index (χ2v) is 2.25. The molecule has 0 N–H and O–H groups in total. The van der Waals surface area contributed by atoms with Crippen molar-refractivity contribution in [2.75, 3.05) is 11.5 Å². The highest BCUT2D eigenvalue weighted by Crippen LogP contribution is 2.14. The largest absolute Gasteiger partial charge is 0.160 e. The van der Waals surface area contributed by atoms with Crippen LogP contribution in [0.25, 0.3) is 0 Å². The lowest BCUT2D eigenvalue weighted by atomic mass is 10.8. The molecule has 0 aromatic rings. The van der Waals surface area contributed by atoms with E-state index in [1.165, 1.54) is 11.5 Å². The summed E-state index contributed by atoms with van der Waals surface area (Å²) in [5.74, 6) is 2.83. The number of allylic oxidation sites excluding steroid dienone is 1. The van der Waals surface area contributed by atoms with E-state index in [0.717, 1.165) is 0 Å². The lowest BCUT2D eigenvalue weighted by Crippen LogP contribution is -1.20. The van der Waals surface area contributed by atoms with E-state index in [1.807, 2.05) is 18.7 Å².